The zero-order valence-electron chi connectivity index (χ0n) is 11.8. The number of nitro benzene ring substituents is 1. The summed E-state index contributed by atoms with van der Waals surface area (Å²) in [5.41, 5.74) is 0.964. The highest BCUT2D eigenvalue weighted by Crippen LogP contribution is 2.13. The lowest BCUT2D eigenvalue weighted by Crippen LogP contribution is -2.07. The Bertz CT molecular complexity index is 428. The van der Waals surface area contributed by atoms with E-state index in [0.717, 1.165) is 24.8 Å². The van der Waals surface area contributed by atoms with Crippen molar-refractivity contribution >= 4 is 11.7 Å². The number of ether oxygens (including phenoxy) is 1. The van der Waals surface area contributed by atoms with E-state index < -0.39 is 4.92 Å². The average molecular weight is 279 g/mol. The van der Waals surface area contributed by atoms with Gasteiger partial charge in [-0.05, 0) is 18.4 Å². The molecule has 0 aromatic heterocycles. The fraction of sp³-hybridized carbons (Fsp3) is 0.533. The molecule has 0 heterocycles. The van der Waals surface area contributed by atoms with Crippen molar-refractivity contribution in [1.29, 1.82) is 0 Å². The van der Waals surface area contributed by atoms with Gasteiger partial charge in [0, 0.05) is 18.6 Å². The lowest BCUT2D eigenvalue weighted by atomic mass is 10.1. The number of esters is 1. The molecule has 0 saturated carbocycles. The average Bonchev–Trinajstić information content (AvgIpc) is 2.45. The van der Waals surface area contributed by atoms with E-state index in [1.54, 1.807) is 12.1 Å². The van der Waals surface area contributed by atoms with E-state index in [2.05, 4.69) is 6.92 Å². The van der Waals surface area contributed by atoms with Crippen molar-refractivity contribution in [3.63, 3.8) is 0 Å². The van der Waals surface area contributed by atoms with Gasteiger partial charge in [0.05, 0.1) is 11.5 Å². The lowest BCUT2D eigenvalue weighted by Gasteiger charge is -2.04. The second-order valence-electron chi connectivity index (χ2n) is 4.70. The van der Waals surface area contributed by atoms with E-state index in [1.165, 1.54) is 18.6 Å². The first-order valence-electron chi connectivity index (χ1n) is 7.02. The Morgan fingerprint density at radius 2 is 1.90 bits per heavy atom. The van der Waals surface area contributed by atoms with Gasteiger partial charge in [-0.2, -0.15) is 0 Å². The van der Waals surface area contributed by atoms with Crippen LogP contribution in [0.15, 0.2) is 24.3 Å². The minimum atomic E-state index is -0.436. The minimum Gasteiger partial charge on any atom is -0.466 e. The SMILES string of the molecule is CCCCCCOC(=O)CCc1ccc([N+](=O)[O-])cc1. The summed E-state index contributed by atoms with van der Waals surface area (Å²) in [4.78, 5) is 21.6. The topological polar surface area (TPSA) is 69.4 Å². The Morgan fingerprint density at radius 3 is 2.50 bits per heavy atom. The fourth-order valence-electron chi connectivity index (χ4n) is 1.82. The molecule has 1 rings (SSSR count). The summed E-state index contributed by atoms with van der Waals surface area (Å²) in [6.07, 6.45) is 5.19. The van der Waals surface area contributed by atoms with Gasteiger partial charge in [-0.1, -0.05) is 38.3 Å². The highest BCUT2D eigenvalue weighted by molar-refractivity contribution is 5.69. The molecule has 0 aliphatic rings. The van der Waals surface area contributed by atoms with Gasteiger partial charge < -0.3 is 4.74 Å². The molecule has 1 aromatic rings. The number of nitro groups is 1. The van der Waals surface area contributed by atoms with Crippen LogP contribution in [0.4, 0.5) is 5.69 Å². The van der Waals surface area contributed by atoms with Gasteiger partial charge in [-0.3, -0.25) is 14.9 Å². The number of non-ortho nitro benzene ring substituents is 1. The molecule has 0 unspecified atom stereocenters. The van der Waals surface area contributed by atoms with Gasteiger partial charge in [0.25, 0.3) is 5.69 Å². The lowest BCUT2D eigenvalue weighted by molar-refractivity contribution is -0.384. The molecule has 0 aliphatic carbocycles. The van der Waals surface area contributed by atoms with Crippen LogP contribution in [0.25, 0.3) is 0 Å². The first-order chi connectivity index (χ1) is 9.63. The van der Waals surface area contributed by atoms with Gasteiger partial charge >= 0.3 is 5.97 Å². The molecule has 110 valence electrons. The Balaban J connectivity index is 2.22. The van der Waals surface area contributed by atoms with Gasteiger partial charge in [0.1, 0.15) is 0 Å². The third kappa shape index (κ3) is 6.31. The predicted octanol–water partition coefficient (Wildman–Crippen LogP) is 3.65. The maximum absolute atomic E-state index is 11.5. The molecule has 0 N–H and O–H groups in total. The van der Waals surface area contributed by atoms with E-state index in [-0.39, 0.29) is 11.7 Å². The normalized spacial score (nSPS) is 10.2. The second kappa shape index (κ2) is 9.07. The molecule has 0 bridgehead atoms. The Kier molecular flexibility index (Phi) is 7.32. The monoisotopic (exact) mass is 279 g/mol. The Morgan fingerprint density at radius 1 is 1.20 bits per heavy atom. The van der Waals surface area contributed by atoms with Crippen LogP contribution in [-0.4, -0.2) is 17.5 Å². The van der Waals surface area contributed by atoms with Crippen molar-refractivity contribution in [3.05, 3.63) is 39.9 Å². The van der Waals surface area contributed by atoms with Crippen molar-refractivity contribution in [2.24, 2.45) is 0 Å². The van der Waals surface area contributed by atoms with Crippen molar-refractivity contribution in [2.75, 3.05) is 6.61 Å². The molecule has 5 heteroatoms. The van der Waals surface area contributed by atoms with Crippen LogP contribution < -0.4 is 0 Å². The summed E-state index contributed by atoms with van der Waals surface area (Å²) in [6.45, 7) is 2.62. The molecular weight excluding hydrogens is 258 g/mol. The zero-order chi connectivity index (χ0) is 14.8. The first kappa shape index (κ1) is 16.1. The maximum Gasteiger partial charge on any atom is 0.306 e. The van der Waals surface area contributed by atoms with Gasteiger partial charge in [0.2, 0.25) is 0 Å². The molecule has 0 atom stereocenters. The van der Waals surface area contributed by atoms with Crippen molar-refractivity contribution < 1.29 is 14.5 Å². The van der Waals surface area contributed by atoms with E-state index >= 15 is 0 Å². The molecule has 20 heavy (non-hydrogen) atoms. The van der Waals surface area contributed by atoms with Crippen LogP contribution in [0.3, 0.4) is 0 Å². The van der Waals surface area contributed by atoms with Crippen LogP contribution in [0.1, 0.15) is 44.6 Å². The molecule has 0 saturated heterocycles. The number of carbonyl (C=O) groups is 1. The second-order valence-corrected chi connectivity index (χ2v) is 4.70. The number of carbonyl (C=O) groups excluding carboxylic acids is 1. The van der Waals surface area contributed by atoms with E-state index in [0.29, 0.717) is 19.4 Å². The fourth-order valence-corrected chi connectivity index (χ4v) is 1.82. The maximum atomic E-state index is 11.5. The smallest absolute Gasteiger partial charge is 0.306 e. The van der Waals surface area contributed by atoms with E-state index in [4.69, 9.17) is 4.74 Å². The molecule has 0 aliphatic heterocycles. The molecular formula is C15H21NO4. The third-order valence-corrected chi connectivity index (χ3v) is 3.03. The standard InChI is InChI=1S/C15H21NO4/c1-2-3-4-5-12-20-15(17)11-8-13-6-9-14(10-7-13)16(18)19/h6-7,9-10H,2-5,8,11-12H2,1H3. The summed E-state index contributed by atoms with van der Waals surface area (Å²) < 4.78 is 5.13. The number of hydrogen-bond donors (Lipinski definition) is 0. The van der Waals surface area contributed by atoms with Crippen LogP contribution in [0.2, 0.25) is 0 Å². The number of nitrogens with zero attached hydrogens (tertiary/aromatic N) is 1. The van der Waals surface area contributed by atoms with E-state index in [1.807, 2.05) is 0 Å². The van der Waals surface area contributed by atoms with Crippen LogP contribution in [0.5, 0.6) is 0 Å². The van der Waals surface area contributed by atoms with Crippen molar-refractivity contribution in [1.82, 2.24) is 0 Å². The van der Waals surface area contributed by atoms with Crippen molar-refractivity contribution in [3.8, 4) is 0 Å². The number of aryl methyl sites for hydroxylation is 1. The summed E-state index contributed by atoms with van der Waals surface area (Å²) in [5.74, 6) is -0.208. The number of unbranched alkanes of at least 4 members (excludes halogenated alkanes) is 3. The molecule has 0 amide bonds. The number of benzene rings is 1. The largest absolute Gasteiger partial charge is 0.466 e. The summed E-state index contributed by atoms with van der Waals surface area (Å²) in [5, 5.41) is 10.5. The van der Waals surface area contributed by atoms with Gasteiger partial charge in [-0.15, -0.1) is 0 Å². The number of rotatable bonds is 9. The van der Waals surface area contributed by atoms with Crippen LogP contribution >= 0.6 is 0 Å². The highest BCUT2D eigenvalue weighted by atomic mass is 16.6. The van der Waals surface area contributed by atoms with Gasteiger partial charge in [-0.25, -0.2) is 0 Å². The van der Waals surface area contributed by atoms with Gasteiger partial charge in [0.15, 0.2) is 0 Å². The van der Waals surface area contributed by atoms with E-state index in [9.17, 15) is 14.9 Å². The predicted molar refractivity (Wildman–Crippen MR) is 76.5 cm³/mol. The third-order valence-electron chi connectivity index (χ3n) is 3.03. The molecule has 1 aromatic carbocycles. The number of hydrogen-bond acceptors (Lipinski definition) is 4. The zero-order valence-corrected chi connectivity index (χ0v) is 11.8. The summed E-state index contributed by atoms with van der Waals surface area (Å²) >= 11 is 0. The molecule has 0 radical (unpaired) electrons. The summed E-state index contributed by atoms with van der Waals surface area (Å²) in [7, 11) is 0. The van der Waals surface area contributed by atoms with Crippen molar-refractivity contribution in [2.45, 2.75) is 45.4 Å². The molecule has 5 nitrogen and oxygen atoms in total. The quantitative estimate of drug-likeness (QED) is 0.299. The Labute approximate surface area is 119 Å². The minimum absolute atomic E-state index is 0.0623. The van der Waals surface area contributed by atoms with Crippen LogP contribution in [-0.2, 0) is 16.0 Å². The van der Waals surface area contributed by atoms with Crippen LogP contribution in [0, 0.1) is 10.1 Å². The molecule has 0 fully saturated rings. The summed E-state index contributed by atoms with van der Waals surface area (Å²) in [6, 6.07) is 6.25. The first-order valence-corrected chi connectivity index (χ1v) is 7.02. The highest BCUT2D eigenvalue weighted by Gasteiger charge is 2.06. The Hall–Kier alpha value is -1.91. The molecule has 0 spiro atoms.